The second-order valence-corrected chi connectivity index (χ2v) is 5.84. The van der Waals surface area contributed by atoms with Crippen LogP contribution >= 0.6 is 0 Å². The van der Waals surface area contributed by atoms with Gasteiger partial charge >= 0.3 is 0 Å². The van der Waals surface area contributed by atoms with E-state index in [0.29, 0.717) is 24.7 Å². The predicted molar refractivity (Wildman–Crippen MR) is 88.0 cm³/mol. The Morgan fingerprint density at radius 2 is 2.09 bits per heavy atom. The Balaban J connectivity index is 2.07. The maximum absolute atomic E-state index is 12.1. The Kier molecular flexibility index (Phi) is 6.24. The van der Waals surface area contributed by atoms with E-state index in [1.54, 1.807) is 14.2 Å². The van der Waals surface area contributed by atoms with E-state index in [4.69, 9.17) is 14.2 Å². The molecule has 1 heterocycles. The lowest BCUT2D eigenvalue weighted by Gasteiger charge is -2.26. The maximum Gasteiger partial charge on any atom is 0.249 e. The zero-order valence-electron chi connectivity index (χ0n) is 14.3. The van der Waals surface area contributed by atoms with Crippen molar-refractivity contribution < 1.29 is 19.0 Å². The van der Waals surface area contributed by atoms with Gasteiger partial charge in [-0.3, -0.25) is 4.79 Å². The summed E-state index contributed by atoms with van der Waals surface area (Å²) in [4.78, 5) is 14.2. The number of benzene rings is 1. The average Bonchev–Trinajstić information content (AvgIpc) is 3.08. The van der Waals surface area contributed by atoms with Gasteiger partial charge in [-0.25, -0.2) is 0 Å². The van der Waals surface area contributed by atoms with Gasteiger partial charge in [-0.2, -0.15) is 0 Å². The van der Waals surface area contributed by atoms with Crippen molar-refractivity contribution in [2.24, 2.45) is 0 Å². The molecule has 6 nitrogen and oxygen atoms in total. The summed E-state index contributed by atoms with van der Waals surface area (Å²) in [5.74, 6) is 1.34. The summed E-state index contributed by atoms with van der Waals surface area (Å²) in [7, 11) is 7.20. The smallest absolute Gasteiger partial charge is 0.249 e. The van der Waals surface area contributed by atoms with E-state index in [1.807, 2.05) is 32.3 Å². The highest BCUT2D eigenvalue weighted by Gasteiger charge is 2.25. The molecule has 23 heavy (non-hydrogen) atoms. The number of hydrogen-bond donors (Lipinski definition) is 1. The number of amides is 1. The number of hydrogen-bond acceptors (Lipinski definition) is 5. The van der Waals surface area contributed by atoms with E-state index in [9.17, 15) is 4.79 Å². The van der Waals surface area contributed by atoms with Crippen LogP contribution in [-0.2, 0) is 9.53 Å². The SMILES string of the molecule is COc1ccc(C(CNC(=O)C2CCCO2)N(C)C)cc1OC. The maximum atomic E-state index is 12.1. The largest absolute Gasteiger partial charge is 0.493 e. The third kappa shape index (κ3) is 4.36. The molecular formula is C17H26N2O4. The first-order valence-corrected chi connectivity index (χ1v) is 7.84. The summed E-state index contributed by atoms with van der Waals surface area (Å²) in [5.41, 5.74) is 1.06. The van der Waals surface area contributed by atoms with E-state index in [-0.39, 0.29) is 18.1 Å². The van der Waals surface area contributed by atoms with Crippen LogP contribution in [0.15, 0.2) is 18.2 Å². The van der Waals surface area contributed by atoms with Gasteiger partial charge in [0, 0.05) is 13.2 Å². The van der Waals surface area contributed by atoms with Gasteiger partial charge in [-0.1, -0.05) is 6.07 Å². The fraction of sp³-hybridized carbons (Fsp3) is 0.588. The molecule has 1 saturated heterocycles. The molecule has 1 amide bonds. The molecule has 2 atom stereocenters. The molecule has 1 aliphatic heterocycles. The summed E-state index contributed by atoms with van der Waals surface area (Å²) in [6, 6.07) is 5.86. The molecule has 0 aliphatic carbocycles. The summed E-state index contributed by atoms with van der Waals surface area (Å²) < 4.78 is 16.1. The Hall–Kier alpha value is -1.79. The number of ether oxygens (including phenoxy) is 3. The molecule has 0 bridgehead atoms. The second kappa shape index (κ2) is 8.17. The van der Waals surface area contributed by atoms with Crippen molar-refractivity contribution in [1.29, 1.82) is 0 Å². The molecule has 0 spiro atoms. The van der Waals surface area contributed by atoms with Crippen LogP contribution in [0.25, 0.3) is 0 Å². The topological polar surface area (TPSA) is 60.0 Å². The summed E-state index contributed by atoms with van der Waals surface area (Å²) in [5, 5.41) is 2.99. The number of rotatable bonds is 7. The zero-order chi connectivity index (χ0) is 16.8. The molecule has 2 unspecified atom stereocenters. The van der Waals surface area contributed by atoms with Crippen LogP contribution in [0, 0.1) is 0 Å². The molecule has 6 heteroatoms. The van der Waals surface area contributed by atoms with Crippen molar-refractivity contribution in [1.82, 2.24) is 10.2 Å². The van der Waals surface area contributed by atoms with E-state index in [1.165, 1.54) is 0 Å². The lowest BCUT2D eigenvalue weighted by molar-refractivity contribution is -0.130. The third-order valence-corrected chi connectivity index (χ3v) is 4.11. The van der Waals surface area contributed by atoms with Crippen LogP contribution in [0.2, 0.25) is 0 Å². The van der Waals surface area contributed by atoms with E-state index < -0.39 is 0 Å². The molecule has 1 aliphatic rings. The number of carbonyl (C=O) groups is 1. The molecule has 0 saturated carbocycles. The van der Waals surface area contributed by atoms with Crippen LogP contribution in [0.1, 0.15) is 24.4 Å². The lowest BCUT2D eigenvalue weighted by Crippen LogP contribution is -2.39. The van der Waals surface area contributed by atoms with Gasteiger partial charge in [-0.05, 0) is 44.6 Å². The summed E-state index contributed by atoms with van der Waals surface area (Å²) in [6.07, 6.45) is 1.45. The molecule has 1 aromatic carbocycles. The van der Waals surface area contributed by atoms with Crippen molar-refractivity contribution in [3.05, 3.63) is 23.8 Å². The molecule has 1 aromatic rings. The molecule has 0 radical (unpaired) electrons. The van der Waals surface area contributed by atoms with Gasteiger partial charge in [-0.15, -0.1) is 0 Å². The van der Waals surface area contributed by atoms with E-state index in [0.717, 1.165) is 18.4 Å². The Morgan fingerprint density at radius 3 is 2.65 bits per heavy atom. The normalized spacial score (nSPS) is 18.7. The molecule has 1 fully saturated rings. The first kappa shape index (κ1) is 17.6. The number of likely N-dealkylation sites (N-methyl/N-ethyl adjacent to an activating group) is 1. The van der Waals surface area contributed by atoms with E-state index >= 15 is 0 Å². The number of nitrogens with zero attached hydrogens (tertiary/aromatic N) is 1. The van der Waals surface area contributed by atoms with Crippen molar-refractivity contribution in [3.63, 3.8) is 0 Å². The molecule has 1 N–H and O–H groups in total. The number of carbonyl (C=O) groups excluding carboxylic acids is 1. The molecule has 128 valence electrons. The third-order valence-electron chi connectivity index (χ3n) is 4.11. The number of nitrogens with one attached hydrogen (secondary N) is 1. The average molecular weight is 322 g/mol. The van der Waals surface area contributed by atoms with Gasteiger partial charge in [0.15, 0.2) is 11.5 Å². The van der Waals surface area contributed by atoms with Crippen molar-refractivity contribution in [3.8, 4) is 11.5 Å². The van der Waals surface area contributed by atoms with Gasteiger partial charge in [0.25, 0.3) is 0 Å². The number of methoxy groups -OCH3 is 2. The summed E-state index contributed by atoms with van der Waals surface area (Å²) in [6.45, 7) is 1.19. The fourth-order valence-electron chi connectivity index (χ4n) is 2.75. The quantitative estimate of drug-likeness (QED) is 0.826. The monoisotopic (exact) mass is 322 g/mol. The fourth-order valence-corrected chi connectivity index (χ4v) is 2.75. The first-order valence-electron chi connectivity index (χ1n) is 7.84. The van der Waals surface area contributed by atoms with Gasteiger partial charge in [0.2, 0.25) is 5.91 Å². The highest BCUT2D eigenvalue weighted by Crippen LogP contribution is 2.31. The van der Waals surface area contributed by atoms with Crippen molar-refractivity contribution in [2.45, 2.75) is 25.0 Å². The van der Waals surface area contributed by atoms with Crippen LogP contribution in [0.5, 0.6) is 11.5 Å². The van der Waals surface area contributed by atoms with E-state index in [2.05, 4.69) is 10.2 Å². The molecular weight excluding hydrogens is 296 g/mol. The molecule has 0 aromatic heterocycles. The summed E-state index contributed by atoms with van der Waals surface area (Å²) >= 11 is 0. The standard InChI is InChI=1S/C17H26N2O4/c1-19(2)13(11-18-17(20)15-6-5-9-23-15)12-7-8-14(21-3)16(10-12)22-4/h7-8,10,13,15H,5-6,9,11H2,1-4H3,(H,18,20). The Morgan fingerprint density at radius 1 is 1.35 bits per heavy atom. The second-order valence-electron chi connectivity index (χ2n) is 5.84. The van der Waals surface area contributed by atoms with Gasteiger partial charge in [0.05, 0.1) is 20.3 Å². The van der Waals surface area contributed by atoms with Crippen LogP contribution in [0.3, 0.4) is 0 Å². The van der Waals surface area contributed by atoms with Crippen LogP contribution in [-0.4, -0.2) is 58.4 Å². The predicted octanol–water partition coefficient (Wildman–Crippen LogP) is 1.60. The minimum atomic E-state index is -0.303. The van der Waals surface area contributed by atoms with Gasteiger partial charge in [0.1, 0.15) is 6.10 Å². The minimum Gasteiger partial charge on any atom is -0.493 e. The molecule has 2 rings (SSSR count). The van der Waals surface area contributed by atoms with Crippen LogP contribution < -0.4 is 14.8 Å². The highest BCUT2D eigenvalue weighted by atomic mass is 16.5. The lowest BCUT2D eigenvalue weighted by atomic mass is 10.0. The van der Waals surface area contributed by atoms with Crippen molar-refractivity contribution >= 4 is 5.91 Å². The Bertz CT molecular complexity index is 527. The highest BCUT2D eigenvalue weighted by molar-refractivity contribution is 5.81. The Labute approximate surface area is 137 Å². The minimum absolute atomic E-state index is 0.0326. The first-order chi connectivity index (χ1) is 11.1. The van der Waals surface area contributed by atoms with Crippen molar-refractivity contribution in [2.75, 3.05) is 41.5 Å². The van der Waals surface area contributed by atoms with Gasteiger partial charge < -0.3 is 24.4 Å². The van der Waals surface area contributed by atoms with Crippen LogP contribution in [0.4, 0.5) is 0 Å². The zero-order valence-corrected chi connectivity index (χ0v) is 14.3.